The quantitative estimate of drug-likeness (QED) is 0.508. The first kappa shape index (κ1) is 16.3. The molecule has 0 spiro atoms. The molecular weight excluding hydrogens is 358 g/mol. The van der Waals surface area contributed by atoms with Crippen molar-refractivity contribution in [1.29, 1.82) is 0 Å². The number of methoxy groups -OCH3 is 1. The minimum Gasteiger partial charge on any atom is -0.496 e. The molecule has 3 heterocycles. The van der Waals surface area contributed by atoms with Crippen molar-refractivity contribution in [3.8, 4) is 17.1 Å². The molecule has 0 bridgehead atoms. The van der Waals surface area contributed by atoms with Crippen LogP contribution < -0.4 is 9.64 Å². The Kier molecular flexibility index (Phi) is 4.01. The van der Waals surface area contributed by atoms with Crippen molar-refractivity contribution >= 4 is 22.8 Å². The molecule has 1 aliphatic rings. The molecule has 0 unspecified atom stereocenters. The summed E-state index contributed by atoms with van der Waals surface area (Å²) in [7, 11) is 1.72. The summed E-state index contributed by atoms with van der Waals surface area (Å²) in [6.07, 6.45) is 2.38. The maximum absolute atomic E-state index is 5.54. The molecule has 1 fully saturated rings. The summed E-state index contributed by atoms with van der Waals surface area (Å²) in [6, 6.07) is 14.8. The van der Waals surface area contributed by atoms with Crippen LogP contribution in [-0.4, -0.2) is 33.0 Å². The summed E-state index contributed by atoms with van der Waals surface area (Å²) in [4.78, 5) is 2.36. The highest BCUT2D eigenvalue weighted by atomic mass is 32.1. The Morgan fingerprint density at radius 1 is 1.15 bits per heavy atom. The van der Waals surface area contributed by atoms with Crippen LogP contribution in [0.3, 0.4) is 0 Å². The first-order valence-electron chi connectivity index (χ1n) is 8.97. The standard InChI is InChI=1S/C20H19N5OS/c1-26-17-5-3-2-4-14(17)12-24(16-6-7-16)19-9-8-18-21-22-20(25(18)23-19)15-10-11-27-13-15/h2-5,8-11,13,16H,6-7,12H2,1H3. The van der Waals surface area contributed by atoms with E-state index >= 15 is 0 Å². The minimum absolute atomic E-state index is 0.515. The van der Waals surface area contributed by atoms with Gasteiger partial charge in [0.25, 0.3) is 0 Å². The number of aromatic nitrogens is 4. The average molecular weight is 377 g/mol. The second-order valence-electron chi connectivity index (χ2n) is 6.67. The van der Waals surface area contributed by atoms with E-state index in [2.05, 4.69) is 26.5 Å². The van der Waals surface area contributed by atoms with E-state index in [9.17, 15) is 0 Å². The SMILES string of the molecule is COc1ccccc1CN(c1ccc2nnc(-c3ccsc3)n2n1)C1CC1. The van der Waals surface area contributed by atoms with E-state index in [1.807, 2.05) is 46.3 Å². The zero-order valence-electron chi connectivity index (χ0n) is 14.9. The van der Waals surface area contributed by atoms with Gasteiger partial charge in [-0.15, -0.1) is 15.3 Å². The number of anilines is 1. The van der Waals surface area contributed by atoms with E-state index in [1.165, 1.54) is 12.8 Å². The van der Waals surface area contributed by atoms with E-state index in [0.29, 0.717) is 6.04 Å². The molecule has 0 N–H and O–H groups in total. The lowest BCUT2D eigenvalue weighted by Gasteiger charge is -2.24. The molecule has 7 heteroatoms. The highest BCUT2D eigenvalue weighted by Gasteiger charge is 2.31. The lowest BCUT2D eigenvalue weighted by Crippen LogP contribution is -2.26. The summed E-state index contributed by atoms with van der Waals surface area (Å²) >= 11 is 1.64. The van der Waals surface area contributed by atoms with Gasteiger partial charge in [0.05, 0.1) is 7.11 Å². The molecule has 0 amide bonds. The number of thiophene rings is 1. The van der Waals surface area contributed by atoms with Crippen molar-refractivity contribution < 1.29 is 4.74 Å². The Morgan fingerprint density at radius 2 is 2.04 bits per heavy atom. The van der Waals surface area contributed by atoms with E-state index in [0.717, 1.165) is 40.7 Å². The maximum Gasteiger partial charge on any atom is 0.186 e. The number of fused-ring (bicyclic) bond motifs is 1. The highest BCUT2D eigenvalue weighted by molar-refractivity contribution is 7.08. The Bertz CT molecular complexity index is 1070. The minimum atomic E-state index is 0.515. The second-order valence-corrected chi connectivity index (χ2v) is 7.45. The largest absolute Gasteiger partial charge is 0.496 e. The molecule has 3 aromatic heterocycles. The Balaban J connectivity index is 1.54. The van der Waals surface area contributed by atoms with Gasteiger partial charge in [-0.05, 0) is 42.5 Å². The van der Waals surface area contributed by atoms with Crippen LogP contribution in [0.25, 0.3) is 17.0 Å². The molecule has 0 atom stereocenters. The fourth-order valence-electron chi connectivity index (χ4n) is 3.30. The first-order valence-corrected chi connectivity index (χ1v) is 9.91. The van der Waals surface area contributed by atoms with Crippen molar-refractivity contribution in [1.82, 2.24) is 19.8 Å². The van der Waals surface area contributed by atoms with Gasteiger partial charge in [-0.25, -0.2) is 0 Å². The van der Waals surface area contributed by atoms with E-state index in [1.54, 1.807) is 18.4 Å². The molecule has 136 valence electrons. The molecule has 1 saturated carbocycles. The molecule has 0 aliphatic heterocycles. The van der Waals surface area contributed by atoms with Gasteiger partial charge in [0.2, 0.25) is 0 Å². The van der Waals surface area contributed by atoms with Gasteiger partial charge in [0.15, 0.2) is 11.5 Å². The first-order chi connectivity index (χ1) is 13.3. The molecule has 1 aliphatic carbocycles. The maximum atomic E-state index is 5.54. The highest BCUT2D eigenvalue weighted by Crippen LogP contribution is 2.34. The zero-order valence-corrected chi connectivity index (χ0v) is 15.8. The molecule has 5 rings (SSSR count). The van der Waals surface area contributed by atoms with Crippen LogP contribution >= 0.6 is 11.3 Å². The molecule has 1 aromatic carbocycles. The van der Waals surface area contributed by atoms with E-state index in [-0.39, 0.29) is 0 Å². The summed E-state index contributed by atoms with van der Waals surface area (Å²) in [5.41, 5.74) is 2.96. The topological polar surface area (TPSA) is 55.5 Å². The van der Waals surface area contributed by atoms with Gasteiger partial charge in [-0.1, -0.05) is 18.2 Å². The van der Waals surface area contributed by atoms with Crippen LogP contribution in [0.15, 0.2) is 53.2 Å². The van der Waals surface area contributed by atoms with Crippen LogP contribution in [-0.2, 0) is 6.54 Å². The fraction of sp³-hybridized carbons (Fsp3) is 0.250. The summed E-state index contributed by atoms with van der Waals surface area (Å²) in [5, 5.41) is 17.6. The molecule has 27 heavy (non-hydrogen) atoms. The van der Waals surface area contributed by atoms with Crippen LogP contribution in [0.1, 0.15) is 18.4 Å². The molecule has 4 aromatic rings. The molecule has 0 saturated heterocycles. The number of hydrogen-bond acceptors (Lipinski definition) is 6. The van der Waals surface area contributed by atoms with Crippen molar-refractivity contribution in [3.05, 3.63) is 58.8 Å². The summed E-state index contributed by atoms with van der Waals surface area (Å²) in [5.74, 6) is 2.63. The molecule has 6 nitrogen and oxygen atoms in total. The van der Waals surface area contributed by atoms with Gasteiger partial charge in [-0.3, -0.25) is 0 Å². The number of nitrogens with zero attached hydrogens (tertiary/aromatic N) is 5. The monoisotopic (exact) mass is 377 g/mol. The normalized spacial score (nSPS) is 13.8. The Labute approximate surface area is 161 Å². The lowest BCUT2D eigenvalue weighted by molar-refractivity contribution is 0.409. The zero-order chi connectivity index (χ0) is 18.2. The van der Waals surface area contributed by atoms with Gasteiger partial charge in [-0.2, -0.15) is 15.9 Å². The van der Waals surface area contributed by atoms with E-state index in [4.69, 9.17) is 9.84 Å². The predicted octanol–water partition coefficient (Wildman–Crippen LogP) is 4.03. The third kappa shape index (κ3) is 3.04. The number of para-hydroxylation sites is 1. The average Bonchev–Trinajstić information content (AvgIpc) is 3.23. The number of hydrogen-bond donors (Lipinski definition) is 0. The van der Waals surface area contributed by atoms with Crippen LogP contribution in [0, 0.1) is 0 Å². The Morgan fingerprint density at radius 3 is 2.81 bits per heavy atom. The van der Waals surface area contributed by atoms with E-state index < -0.39 is 0 Å². The smallest absolute Gasteiger partial charge is 0.186 e. The van der Waals surface area contributed by atoms with Crippen LogP contribution in [0.4, 0.5) is 5.82 Å². The van der Waals surface area contributed by atoms with Crippen molar-refractivity contribution in [3.63, 3.8) is 0 Å². The van der Waals surface area contributed by atoms with Gasteiger partial charge >= 0.3 is 0 Å². The summed E-state index contributed by atoms with van der Waals surface area (Å²) in [6.45, 7) is 0.767. The molecular formula is C20H19N5OS. The predicted molar refractivity (Wildman–Crippen MR) is 106 cm³/mol. The lowest BCUT2D eigenvalue weighted by atomic mass is 10.2. The summed E-state index contributed by atoms with van der Waals surface area (Å²) < 4.78 is 7.38. The third-order valence-electron chi connectivity index (χ3n) is 4.84. The Hall–Kier alpha value is -2.93. The van der Waals surface area contributed by atoms with Crippen LogP contribution in [0.2, 0.25) is 0 Å². The van der Waals surface area contributed by atoms with Crippen molar-refractivity contribution in [2.75, 3.05) is 12.0 Å². The van der Waals surface area contributed by atoms with Crippen LogP contribution in [0.5, 0.6) is 5.75 Å². The third-order valence-corrected chi connectivity index (χ3v) is 5.53. The van der Waals surface area contributed by atoms with Gasteiger partial charge < -0.3 is 9.64 Å². The number of rotatable bonds is 6. The van der Waals surface area contributed by atoms with Crippen molar-refractivity contribution in [2.45, 2.75) is 25.4 Å². The van der Waals surface area contributed by atoms with Crippen molar-refractivity contribution in [2.24, 2.45) is 0 Å². The van der Waals surface area contributed by atoms with Gasteiger partial charge in [0.1, 0.15) is 11.6 Å². The second kappa shape index (κ2) is 6.66. The number of ether oxygens (including phenoxy) is 1. The fourth-order valence-corrected chi connectivity index (χ4v) is 3.94. The number of benzene rings is 1. The van der Waals surface area contributed by atoms with Gasteiger partial charge in [0, 0.05) is 29.1 Å². The molecule has 0 radical (unpaired) electrons.